The number of hydrogen-bond acceptors (Lipinski definition) is 3. The van der Waals surface area contributed by atoms with Gasteiger partial charge in [0.2, 0.25) is 17.7 Å². The average molecular weight is 386 g/mol. The first-order valence-corrected chi connectivity index (χ1v) is 10.3. The number of amides is 3. The topological polar surface area (TPSA) is 69.7 Å². The van der Waals surface area contributed by atoms with Crippen molar-refractivity contribution in [2.24, 2.45) is 11.8 Å². The SMILES string of the molecule is CC(C)C(=O)N1CCC(NC(=O)C2CC(=O)N(CCc3ccccc3)C2)CC1. The Kier molecular flexibility index (Phi) is 6.70. The Morgan fingerprint density at radius 1 is 1.14 bits per heavy atom. The fourth-order valence-electron chi connectivity index (χ4n) is 4.00. The largest absolute Gasteiger partial charge is 0.353 e. The van der Waals surface area contributed by atoms with E-state index in [2.05, 4.69) is 17.4 Å². The molecule has 1 aromatic carbocycles. The van der Waals surface area contributed by atoms with Gasteiger partial charge in [-0.2, -0.15) is 0 Å². The van der Waals surface area contributed by atoms with Gasteiger partial charge in [0.25, 0.3) is 0 Å². The number of carbonyl (C=O) groups is 3. The molecule has 0 saturated carbocycles. The van der Waals surface area contributed by atoms with Crippen molar-refractivity contribution in [2.45, 2.75) is 45.6 Å². The minimum Gasteiger partial charge on any atom is -0.353 e. The van der Waals surface area contributed by atoms with Gasteiger partial charge in [-0.25, -0.2) is 0 Å². The summed E-state index contributed by atoms with van der Waals surface area (Å²) in [5, 5.41) is 3.11. The third kappa shape index (κ3) is 5.12. The van der Waals surface area contributed by atoms with Gasteiger partial charge in [-0.1, -0.05) is 44.2 Å². The summed E-state index contributed by atoms with van der Waals surface area (Å²) in [6.07, 6.45) is 2.67. The predicted octanol–water partition coefficient (Wildman–Crippen LogP) is 1.84. The smallest absolute Gasteiger partial charge is 0.225 e. The van der Waals surface area contributed by atoms with Crippen LogP contribution in [-0.4, -0.2) is 59.7 Å². The number of hydrogen-bond donors (Lipinski definition) is 1. The van der Waals surface area contributed by atoms with E-state index >= 15 is 0 Å². The summed E-state index contributed by atoms with van der Waals surface area (Å²) in [6, 6.07) is 10.2. The van der Waals surface area contributed by atoms with Crippen molar-refractivity contribution in [3.05, 3.63) is 35.9 Å². The van der Waals surface area contributed by atoms with E-state index in [4.69, 9.17) is 0 Å². The molecule has 3 amide bonds. The summed E-state index contributed by atoms with van der Waals surface area (Å²) in [5.74, 6) is -0.0334. The maximum atomic E-state index is 12.6. The molecule has 1 atom stereocenters. The van der Waals surface area contributed by atoms with Gasteiger partial charge in [-0.05, 0) is 24.8 Å². The van der Waals surface area contributed by atoms with Gasteiger partial charge in [-0.3, -0.25) is 14.4 Å². The van der Waals surface area contributed by atoms with Gasteiger partial charge in [0, 0.05) is 44.6 Å². The van der Waals surface area contributed by atoms with Crippen molar-refractivity contribution < 1.29 is 14.4 Å². The molecule has 2 fully saturated rings. The van der Waals surface area contributed by atoms with Crippen molar-refractivity contribution in [2.75, 3.05) is 26.2 Å². The fraction of sp³-hybridized carbons (Fsp3) is 0.591. The summed E-state index contributed by atoms with van der Waals surface area (Å²) < 4.78 is 0. The summed E-state index contributed by atoms with van der Waals surface area (Å²) in [7, 11) is 0. The zero-order valence-electron chi connectivity index (χ0n) is 16.9. The van der Waals surface area contributed by atoms with Crippen LogP contribution in [0.5, 0.6) is 0 Å². The van der Waals surface area contributed by atoms with Crippen LogP contribution in [0.1, 0.15) is 38.7 Å². The first-order valence-electron chi connectivity index (χ1n) is 10.3. The first kappa shape index (κ1) is 20.4. The third-order valence-corrected chi connectivity index (χ3v) is 5.75. The minimum absolute atomic E-state index is 0.0116. The molecular formula is C22H31N3O3. The van der Waals surface area contributed by atoms with E-state index in [9.17, 15) is 14.4 Å². The number of nitrogens with one attached hydrogen (secondary N) is 1. The van der Waals surface area contributed by atoms with Gasteiger partial charge >= 0.3 is 0 Å². The lowest BCUT2D eigenvalue weighted by atomic mass is 10.0. The second kappa shape index (κ2) is 9.22. The summed E-state index contributed by atoms with van der Waals surface area (Å²) in [6.45, 7) is 6.36. The molecule has 3 rings (SSSR count). The molecular weight excluding hydrogens is 354 g/mol. The normalized spacial score (nSPS) is 20.7. The molecule has 2 aliphatic heterocycles. The Balaban J connectivity index is 1.43. The van der Waals surface area contributed by atoms with Crippen molar-refractivity contribution in [1.82, 2.24) is 15.1 Å². The van der Waals surface area contributed by atoms with Crippen molar-refractivity contribution in [3.8, 4) is 0 Å². The Labute approximate surface area is 167 Å². The van der Waals surface area contributed by atoms with E-state index in [0.29, 0.717) is 32.6 Å². The first-order chi connectivity index (χ1) is 13.4. The molecule has 0 aromatic heterocycles. The lowest BCUT2D eigenvalue weighted by molar-refractivity contribution is -0.135. The Morgan fingerprint density at radius 3 is 2.46 bits per heavy atom. The molecule has 0 aliphatic carbocycles. The highest BCUT2D eigenvalue weighted by Gasteiger charge is 2.35. The molecule has 6 nitrogen and oxygen atoms in total. The maximum absolute atomic E-state index is 12.6. The lowest BCUT2D eigenvalue weighted by Gasteiger charge is -2.33. The Morgan fingerprint density at radius 2 is 1.82 bits per heavy atom. The van der Waals surface area contributed by atoms with Crippen LogP contribution in [0.15, 0.2) is 30.3 Å². The zero-order valence-corrected chi connectivity index (χ0v) is 16.9. The van der Waals surface area contributed by atoms with Gasteiger partial charge in [-0.15, -0.1) is 0 Å². The number of carbonyl (C=O) groups excluding carboxylic acids is 3. The zero-order chi connectivity index (χ0) is 20.1. The highest BCUT2D eigenvalue weighted by atomic mass is 16.2. The quantitative estimate of drug-likeness (QED) is 0.812. The Bertz CT molecular complexity index is 696. The van der Waals surface area contributed by atoms with E-state index < -0.39 is 0 Å². The van der Waals surface area contributed by atoms with E-state index in [1.54, 1.807) is 4.90 Å². The van der Waals surface area contributed by atoms with Crippen molar-refractivity contribution in [3.63, 3.8) is 0 Å². The molecule has 0 radical (unpaired) electrons. The molecule has 1 unspecified atom stereocenters. The standard InChI is InChI=1S/C22H31N3O3/c1-16(2)22(28)24-12-9-19(10-13-24)23-21(27)18-14-20(26)25(15-18)11-8-17-6-4-3-5-7-17/h3-7,16,18-19H,8-15H2,1-2H3,(H,23,27). The van der Waals surface area contributed by atoms with E-state index in [0.717, 1.165) is 19.3 Å². The van der Waals surface area contributed by atoms with Crippen LogP contribution < -0.4 is 5.32 Å². The molecule has 2 heterocycles. The van der Waals surface area contributed by atoms with E-state index in [1.165, 1.54) is 5.56 Å². The van der Waals surface area contributed by atoms with Gasteiger partial charge in [0.15, 0.2) is 0 Å². The van der Waals surface area contributed by atoms with Crippen LogP contribution in [0.2, 0.25) is 0 Å². The van der Waals surface area contributed by atoms with Crippen LogP contribution in [0, 0.1) is 11.8 Å². The summed E-state index contributed by atoms with van der Waals surface area (Å²) in [4.78, 5) is 40.7. The second-order valence-electron chi connectivity index (χ2n) is 8.24. The maximum Gasteiger partial charge on any atom is 0.225 e. The van der Waals surface area contributed by atoms with E-state index in [1.807, 2.05) is 36.9 Å². The monoisotopic (exact) mass is 385 g/mol. The van der Waals surface area contributed by atoms with Crippen LogP contribution in [0.4, 0.5) is 0 Å². The van der Waals surface area contributed by atoms with Crippen molar-refractivity contribution >= 4 is 17.7 Å². The number of piperidine rings is 1. The molecule has 2 aliphatic rings. The number of nitrogens with zero attached hydrogens (tertiary/aromatic N) is 2. The Hall–Kier alpha value is -2.37. The lowest BCUT2D eigenvalue weighted by Crippen LogP contribution is -2.48. The van der Waals surface area contributed by atoms with Crippen LogP contribution in [0.25, 0.3) is 0 Å². The molecule has 28 heavy (non-hydrogen) atoms. The molecule has 1 N–H and O–H groups in total. The molecule has 152 valence electrons. The van der Waals surface area contributed by atoms with Crippen molar-refractivity contribution in [1.29, 1.82) is 0 Å². The van der Waals surface area contributed by atoms with Gasteiger partial charge < -0.3 is 15.1 Å². The molecule has 0 bridgehead atoms. The third-order valence-electron chi connectivity index (χ3n) is 5.75. The van der Waals surface area contributed by atoms with Crippen LogP contribution in [0.3, 0.4) is 0 Å². The van der Waals surface area contributed by atoms with Crippen LogP contribution in [-0.2, 0) is 20.8 Å². The minimum atomic E-state index is -0.265. The summed E-state index contributed by atoms with van der Waals surface area (Å²) in [5.41, 5.74) is 1.20. The van der Waals surface area contributed by atoms with Gasteiger partial charge in [0.1, 0.15) is 0 Å². The molecule has 6 heteroatoms. The highest BCUT2D eigenvalue weighted by Crippen LogP contribution is 2.20. The molecule has 0 spiro atoms. The number of rotatable bonds is 6. The fourth-order valence-corrected chi connectivity index (χ4v) is 4.00. The predicted molar refractivity (Wildman–Crippen MR) is 107 cm³/mol. The van der Waals surface area contributed by atoms with E-state index in [-0.39, 0.29) is 35.6 Å². The van der Waals surface area contributed by atoms with Crippen LogP contribution >= 0.6 is 0 Å². The second-order valence-corrected chi connectivity index (χ2v) is 8.24. The highest BCUT2D eigenvalue weighted by molar-refractivity contribution is 5.89. The number of likely N-dealkylation sites (tertiary alicyclic amines) is 2. The van der Waals surface area contributed by atoms with Gasteiger partial charge in [0.05, 0.1) is 5.92 Å². The molecule has 1 aromatic rings. The summed E-state index contributed by atoms with van der Waals surface area (Å²) >= 11 is 0. The number of benzene rings is 1. The average Bonchev–Trinajstić information content (AvgIpc) is 3.08. The molecule has 2 saturated heterocycles.